The maximum absolute atomic E-state index is 12.2. The molecule has 106 valence electrons. The van der Waals surface area contributed by atoms with Crippen LogP contribution in [0.2, 0.25) is 0 Å². The van der Waals surface area contributed by atoms with Gasteiger partial charge < -0.3 is 10.6 Å². The molecule has 20 heavy (non-hydrogen) atoms. The maximum Gasteiger partial charge on any atom is 0.252 e. The van der Waals surface area contributed by atoms with Gasteiger partial charge in [0.1, 0.15) is 6.42 Å². The Labute approximate surface area is 119 Å². The molecule has 2 amide bonds. The summed E-state index contributed by atoms with van der Waals surface area (Å²) in [6.07, 6.45) is -0.210. The summed E-state index contributed by atoms with van der Waals surface area (Å²) in [5.74, 6) is -0.574. The van der Waals surface area contributed by atoms with E-state index in [9.17, 15) is 9.59 Å². The SMILES string of the molecule is Cc1c(NC(=O)CC#N)cccc1C(=O)NC(C)(C)C. The molecule has 1 rings (SSSR count). The highest BCUT2D eigenvalue weighted by Gasteiger charge is 2.18. The van der Waals surface area contributed by atoms with Gasteiger partial charge in [0.25, 0.3) is 5.91 Å². The van der Waals surface area contributed by atoms with E-state index >= 15 is 0 Å². The molecule has 0 atom stereocenters. The van der Waals surface area contributed by atoms with Crippen molar-refractivity contribution in [1.82, 2.24) is 5.32 Å². The smallest absolute Gasteiger partial charge is 0.252 e. The molecule has 0 bridgehead atoms. The maximum atomic E-state index is 12.2. The number of anilines is 1. The van der Waals surface area contributed by atoms with E-state index in [-0.39, 0.29) is 23.8 Å². The van der Waals surface area contributed by atoms with E-state index < -0.39 is 0 Å². The van der Waals surface area contributed by atoms with Crippen molar-refractivity contribution in [1.29, 1.82) is 5.26 Å². The summed E-state index contributed by atoms with van der Waals surface area (Å²) in [4.78, 5) is 23.6. The molecule has 5 heteroatoms. The first-order valence-corrected chi connectivity index (χ1v) is 6.33. The molecule has 0 fully saturated rings. The molecule has 0 saturated carbocycles. The number of carbonyl (C=O) groups is 2. The van der Waals surface area contributed by atoms with Crippen LogP contribution in [0.4, 0.5) is 5.69 Å². The number of hydrogen-bond acceptors (Lipinski definition) is 3. The number of amides is 2. The molecule has 0 aromatic heterocycles. The second-order valence-corrected chi connectivity index (χ2v) is 5.57. The van der Waals surface area contributed by atoms with Gasteiger partial charge in [-0.1, -0.05) is 6.07 Å². The molecule has 2 N–H and O–H groups in total. The number of rotatable bonds is 3. The van der Waals surface area contributed by atoms with E-state index in [1.165, 1.54) is 0 Å². The number of hydrogen-bond donors (Lipinski definition) is 2. The standard InChI is InChI=1S/C15H19N3O2/c1-10-11(14(20)18-15(2,3)4)6-5-7-12(10)17-13(19)8-9-16/h5-7H,8H2,1-4H3,(H,17,19)(H,18,20). The molecule has 0 radical (unpaired) electrons. The van der Waals surface area contributed by atoms with E-state index in [4.69, 9.17) is 5.26 Å². The fourth-order valence-corrected chi connectivity index (χ4v) is 1.69. The summed E-state index contributed by atoms with van der Waals surface area (Å²) in [5, 5.41) is 14.0. The van der Waals surface area contributed by atoms with Crippen molar-refractivity contribution >= 4 is 17.5 Å². The Kier molecular flexibility index (Phi) is 4.87. The van der Waals surface area contributed by atoms with Crippen molar-refractivity contribution in [3.05, 3.63) is 29.3 Å². The Morgan fingerprint density at radius 1 is 1.30 bits per heavy atom. The molecule has 0 spiro atoms. The van der Waals surface area contributed by atoms with Crippen LogP contribution < -0.4 is 10.6 Å². The van der Waals surface area contributed by atoms with Crippen LogP contribution in [-0.4, -0.2) is 17.4 Å². The number of nitrogens with one attached hydrogen (secondary N) is 2. The molecule has 0 saturated heterocycles. The summed E-state index contributed by atoms with van der Waals surface area (Å²) in [5.41, 5.74) is 1.41. The average Bonchev–Trinajstić information content (AvgIpc) is 2.29. The third-order valence-corrected chi connectivity index (χ3v) is 2.58. The van der Waals surface area contributed by atoms with Gasteiger partial charge in [0.15, 0.2) is 0 Å². The van der Waals surface area contributed by atoms with E-state index in [1.807, 2.05) is 20.8 Å². The van der Waals surface area contributed by atoms with Crippen LogP contribution in [0.25, 0.3) is 0 Å². The highest BCUT2D eigenvalue weighted by molar-refractivity contribution is 5.99. The van der Waals surface area contributed by atoms with E-state index in [0.29, 0.717) is 16.8 Å². The lowest BCUT2D eigenvalue weighted by Gasteiger charge is -2.21. The van der Waals surface area contributed by atoms with Gasteiger partial charge in [-0.3, -0.25) is 9.59 Å². The molecule has 5 nitrogen and oxygen atoms in total. The fourth-order valence-electron chi connectivity index (χ4n) is 1.69. The van der Waals surface area contributed by atoms with Crippen LogP contribution in [-0.2, 0) is 4.79 Å². The van der Waals surface area contributed by atoms with E-state index in [1.54, 1.807) is 31.2 Å². The highest BCUT2D eigenvalue weighted by atomic mass is 16.2. The van der Waals surface area contributed by atoms with Gasteiger partial charge in [0.05, 0.1) is 6.07 Å². The average molecular weight is 273 g/mol. The Hall–Kier alpha value is -2.35. The Morgan fingerprint density at radius 3 is 2.50 bits per heavy atom. The summed E-state index contributed by atoms with van der Waals surface area (Å²) in [7, 11) is 0. The molecular weight excluding hydrogens is 254 g/mol. The van der Waals surface area contributed by atoms with Gasteiger partial charge in [-0.05, 0) is 45.4 Å². The minimum atomic E-state index is -0.385. The number of benzene rings is 1. The summed E-state index contributed by atoms with van der Waals surface area (Å²) in [6.45, 7) is 7.47. The number of carbonyl (C=O) groups excluding carboxylic acids is 2. The van der Waals surface area contributed by atoms with E-state index in [0.717, 1.165) is 0 Å². The van der Waals surface area contributed by atoms with Gasteiger partial charge in [-0.25, -0.2) is 0 Å². The van der Waals surface area contributed by atoms with Crippen molar-refractivity contribution in [2.24, 2.45) is 0 Å². The molecule has 0 heterocycles. The van der Waals surface area contributed by atoms with E-state index in [2.05, 4.69) is 10.6 Å². The normalized spacial score (nSPS) is 10.6. The van der Waals surface area contributed by atoms with Gasteiger partial charge >= 0.3 is 0 Å². The topological polar surface area (TPSA) is 82.0 Å². The van der Waals surface area contributed by atoms with Crippen molar-refractivity contribution in [2.75, 3.05) is 5.32 Å². The first kappa shape index (κ1) is 15.7. The molecule has 1 aromatic carbocycles. The lowest BCUT2D eigenvalue weighted by molar-refractivity contribution is -0.115. The summed E-state index contributed by atoms with van der Waals surface area (Å²) >= 11 is 0. The monoisotopic (exact) mass is 273 g/mol. The van der Waals surface area contributed by atoms with Crippen LogP contribution in [0.3, 0.4) is 0 Å². The zero-order valence-corrected chi connectivity index (χ0v) is 12.2. The highest BCUT2D eigenvalue weighted by Crippen LogP contribution is 2.19. The lowest BCUT2D eigenvalue weighted by atomic mass is 10.0. The largest absolute Gasteiger partial charge is 0.347 e. The van der Waals surface area contributed by atoms with Crippen molar-refractivity contribution in [3.8, 4) is 6.07 Å². The van der Waals surface area contributed by atoms with Crippen LogP contribution in [0, 0.1) is 18.3 Å². The molecule has 1 aromatic rings. The fraction of sp³-hybridized carbons (Fsp3) is 0.400. The van der Waals surface area contributed by atoms with Crippen molar-refractivity contribution in [3.63, 3.8) is 0 Å². The Bertz CT molecular complexity index is 565. The van der Waals surface area contributed by atoms with Crippen LogP contribution in [0.5, 0.6) is 0 Å². The molecular formula is C15H19N3O2. The Morgan fingerprint density at radius 2 is 1.95 bits per heavy atom. The van der Waals surface area contributed by atoms with Gasteiger partial charge in [0, 0.05) is 16.8 Å². The van der Waals surface area contributed by atoms with Gasteiger partial charge in [-0.15, -0.1) is 0 Å². The van der Waals surface area contributed by atoms with Crippen LogP contribution >= 0.6 is 0 Å². The summed E-state index contributed by atoms with van der Waals surface area (Å²) < 4.78 is 0. The van der Waals surface area contributed by atoms with Crippen molar-refractivity contribution in [2.45, 2.75) is 39.7 Å². The third kappa shape index (κ3) is 4.39. The van der Waals surface area contributed by atoms with Gasteiger partial charge in [0.2, 0.25) is 5.91 Å². The minimum absolute atomic E-state index is 0.189. The molecule has 0 aliphatic heterocycles. The first-order chi connectivity index (χ1) is 9.24. The molecule has 0 aliphatic carbocycles. The second kappa shape index (κ2) is 6.20. The Balaban J connectivity index is 2.98. The molecule has 0 aliphatic rings. The van der Waals surface area contributed by atoms with Crippen molar-refractivity contribution < 1.29 is 9.59 Å². The quantitative estimate of drug-likeness (QED) is 0.887. The van der Waals surface area contributed by atoms with Crippen LogP contribution in [0.15, 0.2) is 18.2 Å². The minimum Gasteiger partial charge on any atom is -0.347 e. The number of nitriles is 1. The number of nitrogens with zero attached hydrogens (tertiary/aromatic N) is 1. The molecule has 0 unspecified atom stereocenters. The van der Waals surface area contributed by atoms with Crippen LogP contribution in [0.1, 0.15) is 43.1 Å². The predicted molar refractivity (Wildman–Crippen MR) is 77.3 cm³/mol. The third-order valence-electron chi connectivity index (χ3n) is 2.58. The predicted octanol–water partition coefficient (Wildman–Crippen LogP) is 2.38. The lowest BCUT2D eigenvalue weighted by Crippen LogP contribution is -2.40. The second-order valence-electron chi connectivity index (χ2n) is 5.57. The summed E-state index contributed by atoms with van der Waals surface area (Å²) in [6, 6.07) is 6.90. The first-order valence-electron chi connectivity index (χ1n) is 6.33. The zero-order valence-electron chi connectivity index (χ0n) is 12.2. The zero-order chi connectivity index (χ0) is 15.3. The van der Waals surface area contributed by atoms with Gasteiger partial charge in [-0.2, -0.15) is 5.26 Å².